The van der Waals surface area contributed by atoms with Gasteiger partial charge in [-0.1, -0.05) is 26.7 Å². The molecule has 0 atom stereocenters. The molecule has 0 amide bonds. The Balaban J connectivity index is 2.03. The number of hydrogen-bond acceptors (Lipinski definition) is 4. The Morgan fingerprint density at radius 3 is 2.42 bits per heavy atom. The SMILES string of the molecule is CCNc1cc(N2CCC(CC)(CC)CC2)ncn1. The number of aromatic nitrogens is 2. The van der Waals surface area contributed by atoms with Gasteiger partial charge in [0.2, 0.25) is 0 Å². The van der Waals surface area contributed by atoms with Gasteiger partial charge in [-0.2, -0.15) is 0 Å². The normalized spacial score (nSPS) is 18.4. The lowest BCUT2D eigenvalue weighted by atomic mass is 9.74. The van der Waals surface area contributed by atoms with E-state index in [1.54, 1.807) is 6.33 Å². The highest BCUT2D eigenvalue weighted by atomic mass is 15.2. The van der Waals surface area contributed by atoms with Crippen molar-refractivity contribution in [1.29, 1.82) is 0 Å². The van der Waals surface area contributed by atoms with Crippen LogP contribution in [0.3, 0.4) is 0 Å². The van der Waals surface area contributed by atoms with Crippen molar-refractivity contribution in [2.45, 2.75) is 46.5 Å². The molecule has 2 rings (SSSR count). The van der Waals surface area contributed by atoms with E-state index in [0.29, 0.717) is 5.41 Å². The molecule has 0 unspecified atom stereocenters. The third-order valence-corrected chi connectivity index (χ3v) is 4.66. The monoisotopic (exact) mass is 262 g/mol. The summed E-state index contributed by atoms with van der Waals surface area (Å²) in [6.07, 6.45) is 6.81. The van der Waals surface area contributed by atoms with Crippen LogP contribution in [-0.2, 0) is 0 Å². The van der Waals surface area contributed by atoms with Crippen molar-refractivity contribution in [2.75, 3.05) is 29.9 Å². The van der Waals surface area contributed by atoms with Gasteiger partial charge >= 0.3 is 0 Å². The van der Waals surface area contributed by atoms with Gasteiger partial charge in [0.1, 0.15) is 18.0 Å². The van der Waals surface area contributed by atoms with E-state index in [1.165, 1.54) is 25.7 Å². The second kappa shape index (κ2) is 6.22. The van der Waals surface area contributed by atoms with E-state index in [2.05, 4.69) is 47.0 Å². The van der Waals surface area contributed by atoms with E-state index in [0.717, 1.165) is 31.3 Å². The molecule has 0 radical (unpaired) electrons. The van der Waals surface area contributed by atoms with Gasteiger partial charge in [0.15, 0.2) is 0 Å². The van der Waals surface area contributed by atoms with Gasteiger partial charge < -0.3 is 10.2 Å². The van der Waals surface area contributed by atoms with Crippen LogP contribution in [0.15, 0.2) is 12.4 Å². The lowest BCUT2D eigenvalue weighted by molar-refractivity contribution is 0.199. The van der Waals surface area contributed by atoms with Crippen molar-refractivity contribution < 1.29 is 0 Å². The zero-order chi connectivity index (χ0) is 13.7. The molecule has 19 heavy (non-hydrogen) atoms. The number of hydrogen-bond donors (Lipinski definition) is 1. The zero-order valence-corrected chi connectivity index (χ0v) is 12.4. The molecule has 0 aromatic carbocycles. The summed E-state index contributed by atoms with van der Waals surface area (Å²) in [4.78, 5) is 11.1. The number of anilines is 2. The average Bonchev–Trinajstić information content (AvgIpc) is 2.48. The van der Waals surface area contributed by atoms with Gasteiger partial charge in [0, 0.05) is 25.7 Å². The highest BCUT2D eigenvalue weighted by Crippen LogP contribution is 2.38. The number of nitrogens with zero attached hydrogens (tertiary/aromatic N) is 3. The molecule has 0 saturated carbocycles. The summed E-state index contributed by atoms with van der Waals surface area (Å²) in [7, 11) is 0. The Morgan fingerprint density at radius 1 is 1.16 bits per heavy atom. The molecule has 0 bridgehead atoms. The Labute approximate surface area is 116 Å². The number of nitrogens with one attached hydrogen (secondary N) is 1. The minimum Gasteiger partial charge on any atom is -0.370 e. The molecular weight excluding hydrogens is 236 g/mol. The first kappa shape index (κ1) is 14.1. The van der Waals surface area contributed by atoms with Crippen LogP contribution in [0.1, 0.15) is 46.5 Å². The van der Waals surface area contributed by atoms with Gasteiger partial charge in [-0.3, -0.25) is 0 Å². The van der Waals surface area contributed by atoms with Crippen LogP contribution >= 0.6 is 0 Å². The predicted molar refractivity (Wildman–Crippen MR) is 80.7 cm³/mol. The van der Waals surface area contributed by atoms with Crippen LogP contribution in [0.2, 0.25) is 0 Å². The Kier molecular flexibility index (Phi) is 4.61. The van der Waals surface area contributed by atoms with E-state index in [-0.39, 0.29) is 0 Å². The van der Waals surface area contributed by atoms with Crippen LogP contribution < -0.4 is 10.2 Å². The van der Waals surface area contributed by atoms with E-state index in [4.69, 9.17) is 0 Å². The quantitative estimate of drug-likeness (QED) is 0.884. The molecule has 2 heterocycles. The second-order valence-corrected chi connectivity index (χ2v) is 5.49. The summed E-state index contributed by atoms with van der Waals surface area (Å²) in [5, 5.41) is 3.25. The first-order valence-electron chi connectivity index (χ1n) is 7.54. The fourth-order valence-electron chi connectivity index (χ4n) is 2.97. The van der Waals surface area contributed by atoms with Crippen molar-refractivity contribution >= 4 is 11.6 Å². The Bertz CT molecular complexity index is 391. The maximum absolute atomic E-state index is 4.42. The smallest absolute Gasteiger partial charge is 0.134 e. The summed E-state index contributed by atoms with van der Waals surface area (Å²) in [5.74, 6) is 1.99. The van der Waals surface area contributed by atoms with Crippen molar-refractivity contribution in [1.82, 2.24) is 9.97 Å². The van der Waals surface area contributed by atoms with Crippen LogP contribution in [0, 0.1) is 5.41 Å². The minimum absolute atomic E-state index is 0.564. The molecule has 1 fully saturated rings. The molecule has 1 aliphatic heterocycles. The summed E-state index contributed by atoms with van der Waals surface area (Å²) in [5.41, 5.74) is 0.564. The summed E-state index contributed by atoms with van der Waals surface area (Å²) in [6, 6.07) is 2.06. The molecule has 4 nitrogen and oxygen atoms in total. The van der Waals surface area contributed by atoms with E-state index < -0.39 is 0 Å². The van der Waals surface area contributed by atoms with Crippen LogP contribution in [-0.4, -0.2) is 29.6 Å². The highest BCUT2D eigenvalue weighted by molar-refractivity contribution is 5.48. The second-order valence-electron chi connectivity index (χ2n) is 5.49. The first-order chi connectivity index (χ1) is 9.23. The lowest BCUT2D eigenvalue weighted by Crippen LogP contribution is -2.40. The Morgan fingerprint density at radius 2 is 1.84 bits per heavy atom. The third kappa shape index (κ3) is 3.17. The summed E-state index contributed by atoms with van der Waals surface area (Å²) >= 11 is 0. The van der Waals surface area contributed by atoms with Crippen LogP contribution in [0.4, 0.5) is 11.6 Å². The van der Waals surface area contributed by atoms with E-state index >= 15 is 0 Å². The maximum Gasteiger partial charge on any atom is 0.134 e. The zero-order valence-electron chi connectivity index (χ0n) is 12.4. The third-order valence-electron chi connectivity index (χ3n) is 4.66. The van der Waals surface area contributed by atoms with Crippen molar-refractivity contribution in [3.63, 3.8) is 0 Å². The molecule has 1 N–H and O–H groups in total. The predicted octanol–water partition coefficient (Wildman–Crippen LogP) is 3.32. The molecule has 106 valence electrons. The molecular formula is C15H26N4. The molecule has 1 aliphatic rings. The van der Waals surface area contributed by atoms with Crippen molar-refractivity contribution in [2.24, 2.45) is 5.41 Å². The summed E-state index contributed by atoms with van der Waals surface area (Å²) < 4.78 is 0. The van der Waals surface area contributed by atoms with Gasteiger partial charge in [-0.25, -0.2) is 9.97 Å². The molecule has 1 aromatic heterocycles. The van der Waals surface area contributed by atoms with Crippen molar-refractivity contribution in [3.8, 4) is 0 Å². The van der Waals surface area contributed by atoms with Crippen LogP contribution in [0.5, 0.6) is 0 Å². The maximum atomic E-state index is 4.42. The molecule has 0 spiro atoms. The van der Waals surface area contributed by atoms with Gasteiger partial charge in [-0.05, 0) is 25.2 Å². The molecule has 4 heteroatoms. The standard InChI is InChI=1S/C15H26N4/c1-4-15(5-2)7-9-19(10-8-15)14-11-13(16-6-3)17-12-18-14/h11-12H,4-10H2,1-3H3,(H,16,17,18). The van der Waals surface area contributed by atoms with Gasteiger partial charge in [0.05, 0.1) is 0 Å². The van der Waals surface area contributed by atoms with Crippen LogP contribution in [0.25, 0.3) is 0 Å². The summed E-state index contributed by atoms with van der Waals surface area (Å²) in [6.45, 7) is 9.86. The van der Waals surface area contributed by atoms with E-state index in [9.17, 15) is 0 Å². The largest absolute Gasteiger partial charge is 0.370 e. The average molecular weight is 262 g/mol. The fraction of sp³-hybridized carbons (Fsp3) is 0.733. The van der Waals surface area contributed by atoms with Gasteiger partial charge in [0.25, 0.3) is 0 Å². The van der Waals surface area contributed by atoms with Gasteiger partial charge in [-0.15, -0.1) is 0 Å². The number of piperidine rings is 1. The molecule has 0 aliphatic carbocycles. The highest BCUT2D eigenvalue weighted by Gasteiger charge is 2.31. The van der Waals surface area contributed by atoms with Crippen molar-refractivity contribution in [3.05, 3.63) is 12.4 Å². The fourth-order valence-corrected chi connectivity index (χ4v) is 2.97. The topological polar surface area (TPSA) is 41.0 Å². The molecule has 1 saturated heterocycles. The lowest BCUT2D eigenvalue weighted by Gasteiger charge is -2.41. The Hall–Kier alpha value is -1.32. The first-order valence-corrected chi connectivity index (χ1v) is 7.54. The number of rotatable bonds is 5. The molecule has 1 aromatic rings. The van der Waals surface area contributed by atoms with E-state index in [1.807, 2.05) is 0 Å². The minimum atomic E-state index is 0.564.